The van der Waals surface area contributed by atoms with Crippen molar-refractivity contribution in [3.05, 3.63) is 22.4 Å². The van der Waals surface area contributed by atoms with E-state index >= 15 is 0 Å². The highest BCUT2D eigenvalue weighted by atomic mass is 32.1. The Hall–Kier alpha value is -1.56. The molecule has 1 aromatic rings. The smallest absolute Gasteiger partial charge is 0.318 e. The van der Waals surface area contributed by atoms with Crippen LogP contribution in [0.1, 0.15) is 37.1 Å². The van der Waals surface area contributed by atoms with Gasteiger partial charge < -0.3 is 15.5 Å². The fourth-order valence-corrected chi connectivity index (χ4v) is 3.05. The maximum Gasteiger partial charge on any atom is 0.318 e. The number of rotatable bonds is 3. The van der Waals surface area contributed by atoms with Gasteiger partial charge in [-0.05, 0) is 37.6 Å². The number of urea groups is 1. The van der Waals surface area contributed by atoms with E-state index < -0.39 is 6.04 Å². The standard InChI is InChI=1S/C14H21N3O2S/c1-10(12-7-5-9-20-12)17(2)14(19)16-11-6-3-4-8-15-13(11)18/h5,7,9-11H,3-4,6,8H2,1-2H3,(H,15,18)(H,16,19). The van der Waals surface area contributed by atoms with Crippen LogP contribution < -0.4 is 10.6 Å². The lowest BCUT2D eigenvalue weighted by Crippen LogP contribution is -2.49. The molecule has 1 aliphatic heterocycles. The van der Waals surface area contributed by atoms with Crippen LogP contribution in [0.3, 0.4) is 0 Å². The molecular formula is C14H21N3O2S. The molecule has 6 heteroatoms. The van der Waals surface area contributed by atoms with Crippen LogP contribution in [-0.4, -0.2) is 36.5 Å². The van der Waals surface area contributed by atoms with Gasteiger partial charge in [0.1, 0.15) is 6.04 Å². The number of nitrogens with zero attached hydrogens (tertiary/aromatic N) is 1. The summed E-state index contributed by atoms with van der Waals surface area (Å²) in [5.41, 5.74) is 0. The summed E-state index contributed by atoms with van der Waals surface area (Å²) in [5.74, 6) is -0.0759. The second kappa shape index (κ2) is 6.74. The van der Waals surface area contributed by atoms with E-state index in [0.29, 0.717) is 13.0 Å². The Morgan fingerprint density at radius 2 is 2.35 bits per heavy atom. The maximum atomic E-state index is 12.2. The maximum absolute atomic E-state index is 12.2. The fourth-order valence-electron chi connectivity index (χ4n) is 2.22. The van der Waals surface area contributed by atoms with Gasteiger partial charge in [0.25, 0.3) is 0 Å². The zero-order valence-electron chi connectivity index (χ0n) is 11.9. The molecule has 1 fully saturated rings. The first-order valence-corrected chi connectivity index (χ1v) is 7.82. The van der Waals surface area contributed by atoms with Crippen molar-refractivity contribution in [2.24, 2.45) is 0 Å². The molecule has 1 aromatic heterocycles. The first-order valence-electron chi connectivity index (χ1n) is 6.94. The molecule has 110 valence electrons. The summed E-state index contributed by atoms with van der Waals surface area (Å²) in [6.07, 6.45) is 2.63. The quantitative estimate of drug-likeness (QED) is 0.897. The zero-order valence-corrected chi connectivity index (χ0v) is 12.7. The normalized spacial score (nSPS) is 20.7. The van der Waals surface area contributed by atoms with Crippen LogP contribution in [-0.2, 0) is 4.79 Å². The van der Waals surface area contributed by atoms with Gasteiger partial charge in [-0.3, -0.25) is 4.79 Å². The second-order valence-electron chi connectivity index (χ2n) is 5.09. The molecule has 1 aliphatic rings. The van der Waals surface area contributed by atoms with Crippen molar-refractivity contribution in [3.8, 4) is 0 Å². The average Bonchev–Trinajstić information content (AvgIpc) is 2.90. The van der Waals surface area contributed by atoms with Gasteiger partial charge in [0.05, 0.1) is 6.04 Å². The molecule has 2 rings (SSSR count). The number of nitrogens with one attached hydrogen (secondary N) is 2. The number of thiophene rings is 1. The number of amides is 3. The van der Waals surface area contributed by atoms with Gasteiger partial charge in [0, 0.05) is 18.5 Å². The van der Waals surface area contributed by atoms with Gasteiger partial charge in [0.15, 0.2) is 0 Å². The van der Waals surface area contributed by atoms with Gasteiger partial charge >= 0.3 is 6.03 Å². The van der Waals surface area contributed by atoms with Crippen molar-refractivity contribution in [2.45, 2.75) is 38.3 Å². The molecule has 0 bridgehead atoms. The van der Waals surface area contributed by atoms with Gasteiger partial charge in [-0.15, -0.1) is 11.3 Å². The minimum absolute atomic E-state index is 0.00355. The van der Waals surface area contributed by atoms with E-state index in [1.165, 1.54) is 0 Å². The van der Waals surface area contributed by atoms with Gasteiger partial charge in [0.2, 0.25) is 5.91 Å². The van der Waals surface area contributed by atoms with Crippen molar-refractivity contribution in [1.82, 2.24) is 15.5 Å². The molecule has 0 aromatic carbocycles. The Kier molecular flexibility index (Phi) is 5.00. The van der Waals surface area contributed by atoms with E-state index in [1.807, 2.05) is 24.4 Å². The van der Waals surface area contributed by atoms with Crippen LogP contribution in [0.2, 0.25) is 0 Å². The van der Waals surface area contributed by atoms with E-state index in [0.717, 1.165) is 17.7 Å². The lowest BCUT2D eigenvalue weighted by molar-refractivity contribution is -0.122. The summed E-state index contributed by atoms with van der Waals surface area (Å²) >= 11 is 1.63. The third-order valence-corrected chi connectivity index (χ3v) is 4.73. The summed E-state index contributed by atoms with van der Waals surface area (Å²) in [7, 11) is 1.76. The minimum atomic E-state index is -0.414. The lowest BCUT2D eigenvalue weighted by atomic mass is 10.1. The summed E-state index contributed by atoms with van der Waals surface area (Å²) in [6.45, 7) is 2.69. The molecule has 1 saturated heterocycles. The summed E-state index contributed by atoms with van der Waals surface area (Å²) in [6, 6.07) is 3.37. The molecule has 3 amide bonds. The predicted octanol–water partition coefficient (Wildman–Crippen LogP) is 2.12. The van der Waals surface area contributed by atoms with Crippen molar-refractivity contribution in [1.29, 1.82) is 0 Å². The predicted molar refractivity (Wildman–Crippen MR) is 79.7 cm³/mol. The van der Waals surface area contributed by atoms with Crippen LogP contribution >= 0.6 is 11.3 Å². The summed E-state index contributed by atoms with van der Waals surface area (Å²) in [4.78, 5) is 26.8. The zero-order chi connectivity index (χ0) is 14.5. The highest BCUT2D eigenvalue weighted by Crippen LogP contribution is 2.23. The first-order chi connectivity index (χ1) is 9.59. The fraction of sp³-hybridized carbons (Fsp3) is 0.571. The number of carbonyl (C=O) groups is 2. The van der Waals surface area contributed by atoms with Crippen molar-refractivity contribution in [3.63, 3.8) is 0 Å². The Labute approximate surface area is 123 Å². The van der Waals surface area contributed by atoms with Gasteiger partial charge in [-0.25, -0.2) is 4.79 Å². The average molecular weight is 295 g/mol. The molecule has 0 spiro atoms. The van der Waals surface area contributed by atoms with Crippen LogP contribution in [0.25, 0.3) is 0 Å². The molecule has 5 nitrogen and oxygen atoms in total. The SMILES string of the molecule is CC(c1cccs1)N(C)C(=O)NC1CCCCNC1=O. The van der Waals surface area contributed by atoms with Crippen molar-refractivity contribution < 1.29 is 9.59 Å². The molecule has 0 aliphatic carbocycles. The van der Waals surface area contributed by atoms with Crippen LogP contribution in [0.5, 0.6) is 0 Å². The van der Waals surface area contributed by atoms with E-state index in [2.05, 4.69) is 10.6 Å². The van der Waals surface area contributed by atoms with Crippen molar-refractivity contribution >= 4 is 23.3 Å². The Morgan fingerprint density at radius 1 is 1.55 bits per heavy atom. The lowest BCUT2D eigenvalue weighted by Gasteiger charge is -2.26. The Morgan fingerprint density at radius 3 is 3.05 bits per heavy atom. The van der Waals surface area contributed by atoms with Gasteiger partial charge in [-0.2, -0.15) is 0 Å². The topological polar surface area (TPSA) is 61.4 Å². The van der Waals surface area contributed by atoms with Crippen LogP contribution in [0.15, 0.2) is 17.5 Å². The molecule has 2 N–H and O–H groups in total. The molecule has 0 radical (unpaired) electrons. The number of hydrogen-bond acceptors (Lipinski definition) is 3. The third-order valence-electron chi connectivity index (χ3n) is 3.69. The first kappa shape index (κ1) is 14.8. The minimum Gasteiger partial charge on any atom is -0.354 e. The summed E-state index contributed by atoms with van der Waals surface area (Å²) < 4.78 is 0. The van der Waals surface area contributed by atoms with Gasteiger partial charge in [-0.1, -0.05) is 6.07 Å². The Balaban J connectivity index is 1.94. The molecular weight excluding hydrogens is 274 g/mol. The second-order valence-corrected chi connectivity index (χ2v) is 6.07. The summed E-state index contributed by atoms with van der Waals surface area (Å²) in [5, 5.41) is 7.65. The number of carbonyl (C=O) groups excluding carboxylic acids is 2. The molecule has 0 saturated carbocycles. The third kappa shape index (κ3) is 3.50. The highest BCUT2D eigenvalue weighted by Gasteiger charge is 2.25. The Bertz CT molecular complexity index is 461. The van der Waals surface area contributed by atoms with Crippen molar-refractivity contribution in [2.75, 3.05) is 13.6 Å². The monoisotopic (exact) mass is 295 g/mol. The van der Waals surface area contributed by atoms with Crippen LogP contribution in [0, 0.1) is 0 Å². The molecule has 2 unspecified atom stereocenters. The molecule has 2 atom stereocenters. The van der Waals surface area contributed by atoms with E-state index in [4.69, 9.17) is 0 Å². The van der Waals surface area contributed by atoms with Crippen LogP contribution in [0.4, 0.5) is 4.79 Å². The largest absolute Gasteiger partial charge is 0.354 e. The highest BCUT2D eigenvalue weighted by molar-refractivity contribution is 7.10. The molecule has 2 heterocycles. The van der Waals surface area contributed by atoms with E-state index in [-0.39, 0.29) is 18.0 Å². The van der Waals surface area contributed by atoms with E-state index in [9.17, 15) is 9.59 Å². The molecule has 20 heavy (non-hydrogen) atoms. The number of hydrogen-bond donors (Lipinski definition) is 2. The van der Waals surface area contributed by atoms with E-state index in [1.54, 1.807) is 23.3 Å².